The molecular formula is C18H14N4O2S. The van der Waals surface area contributed by atoms with Crippen molar-refractivity contribution in [2.75, 3.05) is 5.32 Å². The number of nitrogens with one attached hydrogen (secondary N) is 1. The highest BCUT2D eigenvalue weighted by Crippen LogP contribution is 2.14. The molecule has 1 aromatic carbocycles. The molecule has 3 aromatic heterocycles. The summed E-state index contributed by atoms with van der Waals surface area (Å²) in [6.07, 6.45) is 1.69. The average Bonchev–Trinajstić information content (AvgIpc) is 3.25. The number of hydrogen-bond acceptors (Lipinski definition) is 4. The van der Waals surface area contributed by atoms with Crippen LogP contribution in [0.25, 0.3) is 5.65 Å². The Morgan fingerprint density at radius 3 is 2.88 bits per heavy atom. The molecule has 0 aliphatic carbocycles. The van der Waals surface area contributed by atoms with Gasteiger partial charge in [0, 0.05) is 17.3 Å². The molecule has 1 N–H and O–H groups in total. The highest BCUT2D eigenvalue weighted by molar-refractivity contribution is 7.08. The summed E-state index contributed by atoms with van der Waals surface area (Å²) in [5, 5.41) is 10.8. The largest absolute Gasteiger partial charge is 0.350 e. The van der Waals surface area contributed by atoms with Crippen LogP contribution in [0.3, 0.4) is 0 Å². The van der Waals surface area contributed by atoms with Crippen LogP contribution in [0.1, 0.15) is 15.9 Å². The number of amides is 1. The lowest BCUT2D eigenvalue weighted by Gasteiger charge is -2.06. The SMILES string of the molecule is O=C(Nc1cccc(Cn2nc3ccccn3c2=O)c1)c1ccsc1. The van der Waals surface area contributed by atoms with Crippen molar-refractivity contribution in [3.63, 3.8) is 0 Å². The quantitative estimate of drug-likeness (QED) is 0.615. The van der Waals surface area contributed by atoms with Crippen LogP contribution < -0.4 is 11.0 Å². The first-order chi connectivity index (χ1) is 12.2. The normalized spacial score (nSPS) is 10.9. The first-order valence-electron chi connectivity index (χ1n) is 7.67. The van der Waals surface area contributed by atoms with Gasteiger partial charge in [0.15, 0.2) is 5.65 Å². The zero-order valence-corrected chi connectivity index (χ0v) is 13.9. The molecule has 124 valence electrons. The van der Waals surface area contributed by atoms with Crippen LogP contribution in [-0.2, 0) is 6.54 Å². The van der Waals surface area contributed by atoms with Crippen LogP contribution in [0.2, 0.25) is 0 Å². The van der Waals surface area contributed by atoms with Gasteiger partial charge >= 0.3 is 5.69 Å². The van der Waals surface area contributed by atoms with Gasteiger partial charge in [-0.3, -0.25) is 9.20 Å². The van der Waals surface area contributed by atoms with Crippen molar-refractivity contribution in [3.05, 3.63) is 87.1 Å². The van der Waals surface area contributed by atoms with Crippen LogP contribution in [0.5, 0.6) is 0 Å². The van der Waals surface area contributed by atoms with Gasteiger partial charge in [0.1, 0.15) is 0 Å². The zero-order valence-electron chi connectivity index (χ0n) is 13.1. The summed E-state index contributed by atoms with van der Waals surface area (Å²) in [5.74, 6) is -0.150. The third-order valence-electron chi connectivity index (χ3n) is 3.79. The van der Waals surface area contributed by atoms with E-state index in [1.165, 1.54) is 20.4 Å². The Labute approximate surface area is 147 Å². The van der Waals surface area contributed by atoms with Gasteiger partial charge in [-0.1, -0.05) is 18.2 Å². The number of benzene rings is 1. The highest BCUT2D eigenvalue weighted by Gasteiger charge is 2.09. The molecule has 0 aliphatic heterocycles. The molecule has 25 heavy (non-hydrogen) atoms. The Morgan fingerprint density at radius 1 is 1.16 bits per heavy atom. The summed E-state index contributed by atoms with van der Waals surface area (Å²) < 4.78 is 2.91. The molecule has 3 heterocycles. The second-order valence-corrected chi connectivity index (χ2v) is 6.32. The lowest BCUT2D eigenvalue weighted by atomic mass is 10.2. The van der Waals surface area contributed by atoms with Gasteiger partial charge in [-0.15, -0.1) is 5.10 Å². The van der Waals surface area contributed by atoms with E-state index in [4.69, 9.17) is 0 Å². The van der Waals surface area contributed by atoms with Crippen LogP contribution in [-0.4, -0.2) is 20.1 Å². The molecule has 0 aliphatic rings. The third kappa shape index (κ3) is 3.09. The molecule has 4 aromatic rings. The zero-order chi connectivity index (χ0) is 17.2. The van der Waals surface area contributed by atoms with Crippen LogP contribution in [0, 0.1) is 0 Å². The number of carbonyl (C=O) groups excluding carboxylic acids is 1. The summed E-state index contributed by atoms with van der Waals surface area (Å²) >= 11 is 1.48. The van der Waals surface area contributed by atoms with Crippen LogP contribution in [0.4, 0.5) is 5.69 Å². The van der Waals surface area contributed by atoms with Crippen molar-refractivity contribution in [2.24, 2.45) is 0 Å². The Morgan fingerprint density at radius 2 is 2.08 bits per heavy atom. The van der Waals surface area contributed by atoms with Crippen molar-refractivity contribution in [1.82, 2.24) is 14.2 Å². The molecule has 0 atom stereocenters. The van der Waals surface area contributed by atoms with E-state index in [0.29, 0.717) is 23.4 Å². The van der Waals surface area contributed by atoms with E-state index < -0.39 is 0 Å². The van der Waals surface area contributed by atoms with E-state index in [1.807, 2.05) is 35.7 Å². The van der Waals surface area contributed by atoms with Crippen LogP contribution >= 0.6 is 11.3 Å². The number of fused-ring (bicyclic) bond motifs is 1. The fourth-order valence-corrected chi connectivity index (χ4v) is 3.22. The predicted molar refractivity (Wildman–Crippen MR) is 97.3 cm³/mol. The van der Waals surface area contributed by atoms with Gasteiger partial charge in [0.05, 0.1) is 12.1 Å². The average molecular weight is 350 g/mol. The Hall–Kier alpha value is -3.19. The smallest absolute Gasteiger partial charge is 0.322 e. The van der Waals surface area contributed by atoms with Gasteiger partial charge in [-0.2, -0.15) is 11.3 Å². The summed E-state index contributed by atoms with van der Waals surface area (Å²) in [7, 11) is 0. The van der Waals surface area contributed by atoms with Crippen molar-refractivity contribution >= 4 is 28.6 Å². The van der Waals surface area contributed by atoms with Gasteiger partial charge < -0.3 is 5.32 Å². The monoisotopic (exact) mass is 350 g/mol. The Kier molecular flexibility index (Phi) is 3.91. The molecule has 1 amide bonds. The first kappa shape index (κ1) is 15.3. The maximum Gasteiger partial charge on any atom is 0.350 e. The molecule has 0 fully saturated rings. The molecule has 0 saturated carbocycles. The van der Waals surface area contributed by atoms with Gasteiger partial charge in [-0.25, -0.2) is 9.48 Å². The number of aromatic nitrogens is 3. The van der Waals surface area contributed by atoms with Crippen molar-refractivity contribution in [3.8, 4) is 0 Å². The minimum absolute atomic E-state index is 0.150. The van der Waals surface area contributed by atoms with Gasteiger partial charge in [0.25, 0.3) is 5.91 Å². The second-order valence-electron chi connectivity index (χ2n) is 5.54. The molecule has 0 bridgehead atoms. The van der Waals surface area contributed by atoms with E-state index in [9.17, 15) is 9.59 Å². The first-order valence-corrected chi connectivity index (χ1v) is 8.62. The fraction of sp³-hybridized carbons (Fsp3) is 0.0556. The molecule has 0 radical (unpaired) electrons. The Balaban J connectivity index is 1.58. The highest BCUT2D eigenvalue weighted by atomic mass is 32.1. The maximum atomic E-state index is 12.3. The number of nitrogens with zero attached hydrogens (tertiary/aromatic N) is 3. The number of rotatable bonds is 4. The van der Waals surface area contributed by atoms with E-state index in [-0.39, 0.29) is 11.6 Å². The minimum Gasteiger partial charge on any atom is -0.322 e. The number of thiophene rings is 1. The standard InChI is InChI=1S/C18H14N4O2S/c23-17(14-7-9-25-12-14)19-15-5-3-4-13(10-15)11-22-18(24)21-8-2-1-6-16(21)20-22/h1-10,12H,11H2,(H,19,23). The Bertz CT molecular complexity index is 1100. The van der Waals surface area contributed by atoms with E-state index in [2.05, 4.69) is 10.4 Å². The lowest BCUT2D eigenvalue weighted by molar-refractivity contribution is 0.102. The summed E-state index contributed by atoms with van der Waals surface area (Å²) in [5.41, 5.74) is 2.61. The van der Waals surface area contributed by atoms with Gasteiger partial charge in [0.2, 0.25) is 0 Å². The lowest BCUT2D eigenvalue weighted by Crippen LogP contribution is -2.21. The topological polar surface area (TPSA) is 68.4 Å². The fourth-order valence-electron chi connectivity index (χ4n) is 2.59. The molecule has 0 spiro atoms. The number of carbonyl (C=O) groups is 1. The maximum absolute atomic E-state index is 12.3. The molecule has 7 heteroatoms. The second kappa shape index (κ2) is 6.37. The van der Waals surface area contributed by atoms with Crippen molar-refractivity contribution < 1.29 is 4.79 Å². The number of pyridine rings is 1. The number of hydrogen-bond donors (Lipinski definition) is 1. The molecular weight excluding hydrogens is 336 g/mol. The molecule has 0 unspecified atom stereocenters. The van der Waals surface area contributed by atoms with Crippen molar-refractivity contribution in [1.29, 1.82) is 0 Å². The van der Waals surface area contributed by atoms with E-state index in [0.717, 1.165) is 5.56 Å². The third-order valence-corrected chi connectivity index (χ3v) is 4.47. The summed E-state index contributed by atoms with van der Waals surface area (Å²) in [4.78, 5) is 24.5. The molecule has 0 saturated heterocycles. The van der Waals surface area contributed by atoms with Crippen molar-refractivity contribution in [2.45, 2.75) is 6.54 Å². The van der Waals surface area contributed by atoms with E-state index >= 15 is 0 Å². The predicted octanol–water partition coefficient (Wildman–Crippen LogP) is 2.86. The van der Waals surface area contributed by atoms with Crippen LogP contribution in [0.15, 0.2) is 70.3 Å². The molecule has 4 rings (SSSR count). The summed E-state index contributed by atoms with van der Waals surface area (Å²) in [6, 6.07) is 14.6. The molecule has 6 nitrogen and oxygen atoms in total. The number of anilines is 1. The summed E-state index contributed by atoms with van der Waals surface area (Å²) in [6.45, 7) is 0.336. The minimum atomic E-state index is -0.191. The van der Waals surface area contributed by atoms with Gasteiger partial charge in [-0.05, 0) is 41.3 Å². The van der Waals surface area contributed by atoms with E-state index in [1.54, 1.807) is 29.8 Å².